The predicted octanol–water partition coefficient (Wildman–Crippen LogP) is 6.99. The predicted molar refractivity (Wildman–Crippen MR) is 134 cm³/mol. The molecule has 0 radical (unpaired) electrons. The molecule has 0 aliphatic heterocycles. The van der Waals surface area contributed by atoms with Crippen LogP contribution in [0.2, 0.25) is 0 Å². The summed E-state index contributed by atoms with van der Waals surface area (Å²) in [6, 6.07) is 18.2. The van der Waals surface area contributed by atoms with Gasteiger partial charge in [0.25, 0.3) is 0 Å². The Morgan fingerprint density at radius 3 is 2.32 bits per heavy atom. The fourth-order valence-corrected chi connectivity index (χ4v) is 3.31. The number of ether oxygens (including phenoxy) is 2. The fraction of sp³-hybridized carbons (Fsp3) is 0.115. The molecule has 2 amide bonds. The van der Waals surface area contributed by atoms with Crippen LogP contribution in [0.25, 0.3) is 0 Å². The van der Waals surface area contributed by atoms with E-state index in [1.54, 1.807) is 49.7 Å². The topological polar surface area (TPSA) is 97.4 Å². The highest BCUT2D eigenvalue weighted by atomic mass is 19.4. The minimum absolute atomic E-state index is 0.0255. The summed E-state index contributed by atoms with van der Waals surface area (Å²) in [5.41, 5.74) is 0.443. The fourth-order valence-electron chi connectivity index (χ4n) is 3.31. The molecule has 1 heterocycles. The highest BCUT2D eigenvalue weighted by molar-refractivity contribution is 5.99. The van der Waals surface area contributed by atoms with Crippen molar-refractivity contribution in [2.24, 2.45) is 0 Å². The smallest absolute Gasteiger partial charge is 0.416 e. The number of hydrogen-bond acceptors (Lipinski definition) is 6. The van der Waals surface area contributed by atoms with Gasteiger partial charge >= 0.3 is 12.2 Å². The van der Waals surface area contributed by atoms with E-state index in [2.05, 4.69) is 25.9 Å². The molecule has 3 N–H and O–H groups in total. The van der Waals surface area contributed by atoms with Crippen molar-refractivity contribution in [3.63, 3.8) is 0 Å². The first kappa shape index (κ1) is 25.3. The number of aromatic nitrogens is 2. The summed E-state index contributed by atoms with van der Waals surface area (Å²) in [7, 11) is 1.58. The molecule has 11 heteroatoms. The summed E-state index contributed by atoms with van der Waals surface area (Å²) < 4.78 is 50.3. The summed E-state index contributed by atoms with van der Waals surface area (Å²) in [6.45, 7) is 1.36. The average Bonchev–Trinajstić information content (AvgIpc) is 2.86. The number of aryl methyl sites for hydroxylation is 1. The van der Waals surface area contributed by atoms with Gasteiger partial charge in [-0.1, -0.05) is 12.1 Å². The lowest BCUT2D eigenvalue weighted by Gasteiger charge is -2.13. The van der Waals surface area contributed by atoms with Gasteiger partial charge < -0.3 is 25.4 Å². The average molecular weight is 509 g/mol. The minimum Gasteiger partial charge on any atom is -0.497 e. The van der Waals surface area contributed by atoms with Gasteiger partial charge in [-0.15, -0.1) is 0 Å². The molecule has 3 aromatic carbocycles. The molecular formula is C26H22F3N5O3. The van der Waals surface area contributed by atoms with Crippen LogP contribution in [0, 0.1) is 6.92 Å². The highest BCUT2D eigenvalue weighted by Crippen LogP contribution is 2.33. The van der Waals surface area contributed by atoms with E-state index in [1.165, 1.54) is 19.1 Å². The summed E-state index contributed by atoms with van der Waals surface area (Å²) >= 11 is 0. The zero-order chi connectivity index (χ0) is 26.4. The van der Waals surface area contributed by atoms with Crippen LogP contribution in [-0.4, -0.2) is 23.1 Å². The lowest BCUT2D eigenvalue weighted by atomic mass is 10.1. The zero-order valence-electron chi connectivity index (χ0n) is 19.8. The van der Waals surface area contributed by atoms with Crippen molar-refractivity contribution in [1.29, 1.82) is 0 Å². The SMILES string of the molecule is COc1cccc(Nc2nccc(Oc3ccc(NC(=O)Nc4ccc(C)c(C(F)(F)F)c4)cc3)n2)c1. The Labute approximate surface area is 210 Å². The number of benzene rings is 3. The first-order valence-corrected chi connectivity index (χ1v) is 11.0. The van der Waals surface area contributed by atoms with E-state index in [0.717, 1.165) is 11.8 Å². The number of urea groups is 1. The third-order valence-corrected chi connectivity index (χ3v) is 5.09. The molecule has 1 aromatic heterocycles. The second kappa shape index (κ2) is 10.9. The summed E-state index contributed by atoms with van der Waals surface area (Å²) in [5.74, 6) is 1.75. The minimum atomic E-state index is -4.51. The van der Waals surface area contributed by atoms with Gasteiger partial charge in [0.15, 0.2) is 0 Å². The molecule has 0 saturated carbocycles. The molecule has 0 fully saturated rings. The maximum absolute atomic E-state index is 13.1. The number of amides is 2. The largest absolute Gasteiger partial charge is 0.497 e. The van der Waals surface area contributed by atoms with Crippen molar-refractivity contribution in [2.75, 3.05) is 23.1 Å². The van der Waals surface area contributed by atoms with Crippen molar-refractivity contribution < 1.29 is 27.4 Å². The van der Waals surface area contributed by atoms with Crippen LogP contribution in [0.3, 0.4) is 0 Å². The molecule has 8 nitrogen and oxygen atoms in total. The van der Waals surface area contributed by atoms with E-state index in [9.17, 15) is 18.0 Å². The number of carbonyl (C=O) groups excluding carboxylic acids is 1. The Morgan fingerprint density at radius 1 is 0.865 bits per heavy atom. The molecule has 4 rings (SSSR count). The molecule has 4 aromatic rings. The van der Waals surface area contributed by atoms with Crippen molar-refractivity contribution in [1.82, 2.24) is 9.97 Å². The van der Waals surface area contributed by atoms with Crippen molar-refractivity contribution >= 4 is 29.0 Å². The van der Waals surface area contributed by atoms with Crippen LogP contribution in [0.1, 0.15) is 11.1 Å². The van der Waals surface area contributed by atoms with Gasteiger partial charge in [-0.05, 0) is 61.0 Å². The molecule has 0 aliphatic rings. The van der Waals surface area contributed by atoms with Gasteiger partial charge in [-0.2, -0.15) is 18.2 Å². The van der Waals surface area contributed by atoms with E-state index in [1.807, 2.05) is 18.2 Å². The highest BCUT2D eigenvalue weighted by Gasteiger charge is 2.32. The first-order valence-electron chi connectivity index (χ1n) is 11.0. The quantitative estimate of drug-likeness (QED) is 0.248. The Bertz CT molecular complexity index is 1400. The molecular weight excluding hydrogens is 487 g/mol. The number of carbonyl (C=O) groups is 1. The summed E-state index contributed by atoms with van der Waals surface area (Å²) in [5, 5.41) is 8.04. The van der Waals surface area contributed by atoms with Gasteiger partial charge in [0.2, 0.25) is 11.8 Å². The van der Waals surface area contributed by atoms with Crippen LogP contribution in [0.5, 0.6) is 17.4 Å². The Morgan fingerprint density at radius 2 is 1.59 bits per heavy atom. The number of nitrogens with zero attached hydrogens (tertiary/aromatic N) is 2. The van der Waals surface area contributed by atoms with Crippen LogP contribution in [-0.2, 0) is 6.18 Å². The standard InChI is InChI=1S/C26H22F3N5O3/c1-16-6-7-19(15-22(16)26(27,28)29)33-25(35)32-17-8-10-20(11-9-17)37-23-12-13-30-24(34-23)31-18-4-3-5-21(14-18)36-2/h3-15H,1-2H3,(H,30,31,34)(H2,32,33,35). The first-order chi connectivity index (χ1) is 17.7. The number of methoxy groups -OCH3 is 1. The molecule has 0 bridgehead atoms. The summed E-state index contributed by atoms with van der Waals surface area (Å²) in [4.78, 5) is 20.8. The Kier molecular flexibility index (Phi) is 7.42. The number of nitrogens with one attached hydrogen (secondary N) is 3. The number of alkyl halides is 3. The van der Waals surface area contributed by atoms with Crippen molar-refractivity contribution in [3.05, 3.63) is 90.1 Å². The second-order valence-corrected chi connectivity index (χ2v) is 7.81. The molecule has 0 atom stereocenters. The molecule has 0 saturated heterocycles. The van der Waals surface area contributed by atoms with E-state index in [4.69, 9.17) is 9.47 Å². The Hall–Kier alpha value is -4.80. The van der Waals surface area contributed by atoms with Gasteiger partial charge in [-0.3, -0.25) is 0 Å². The summed E-state index contributed by atoms with van der Waals surface area (Å²) in [6.07, 6.45) is -2.97. The van der Waals surface area contributed by atoms with Gasteiger partial charge in [0.05, 0.1) is 12.7 Å². The lowest BCUT2D eigenvalue weighted by molar-refractivity contribution is -0.138. The maximum Gasteiger partial charge on any atom is 0.416 e. The molecule has 0 spiro atoms. The normalized spacial score (nSPS) is 10.9. The van der Waals surface area contributed by atoms with Gasteiger partial charge in [0, 0.05) is 35.4 Å². The number of hydrogen-bond donors (Lipinski definition) is 3. The van der Waals surface area contributed by atoms with E-state index in [0.29, 0.717) is 29.0 Å². The van der Waals surface area contributed by atoms with E-state index < -0.39 is 17.8 Å². The van der Waals surface area contributed by atoms with E-state index in [-0.39, 0.29) is 11.3 Å². The number of anilines is 4. The maximum atomic E-state index is 13.1. The van der Waals surface area contributed by atoms with Crippen molar-refractivity contribution in [2.45, 2.75) is 13.1 Å². The van der Waals surface area contributed by atoms with Crippen LogP contribution >= 0.6 is 0 Å². The zero-order valence-corrected chi connectivity index (χ0v) is 19.8. The van der Waals surface area contributed by atoms with Crippen LogP contribution in [0.15, 0.2) is 79.0 Å². The molecule has 0 unspecified atom stereocenters. The monoisotopic (exact) mass is 509 g/mol. The molecule has 0 aliphatic carbocycles. The number of rotatable bonds is 7. The second-order valence-electron chi connectivity index (χ2n) is 7.81. The van der Waals surface area contributed by atoms with Crippen LogP contribution in [0.4, 0.5) is 41.0 Å². The van der Waals surface area contributed by atoms with Crippen molar-refractivity contribution in [3.8, 4) is 17.4 Å². The molecule has 37 heavy (non-hydrogen) atoms. The lowest BCUT2D eigenvalue weighted by Crippen LogP contribution is -2.20. The molecule has 190 valence electrons. The number of halogens is 3. The third-order valence-electron chi connectivity index (χ3n) is 5.09. The Balaban J connectivity index is 1.36. The van der Waals surface area contributed by atoms with Crippen LogP contribution < -0.4 is 25.4 Å². The van der Waals surface area contributed by atoms with Gasteiger partial charge in [0.1, 0.15) is 11.5 Å². The van der Waals surface area contributed by atoms with E-state index >= 15 is 0 Å². The van der Waals surface area contributed by atoms with Gasteiger partial charge in [-0.25, -0.2) is 9.78 Å². The third kappa shape index (κ3) is 6.88.